The maximum atomic E-state index is 12.0. The highest BCUT2D eigenvalue weighted by Crippen LogP contribution is 2.24. The molecule has 2 rings (SSSR count). The van der Waals surface area contributed by atoms with Gasteiger partial charge in [-0.2, -0.15) is 0 Å². The van der Waals surface area contributed by atoms with Crippen LogP contribution in [0.2, 0.25) is 0 Å². The average molecular weight is 318 g/mol. The van der Waals surface area contributed by atoms with E-state index in [1.807, 2.05) is 0 Å². The lowest BCUT2D eigenvalue weighted by atomic mass is 9.99. The topological polar surface area (TPSA) is 138 Å². The van der Waals surface area contributed by atoms with Crippen LogP contribution in [-0.4, -0.2) is 61.7 Å². The molecule has 122 valence electrons. The van der Waals surface area contributed by atoms with Crippen LogP contribution in [-0.2, 0) is 16.5 Å². The molecule has 0 spiro atoms. The molecule has 0 bridgehead atoms. The Bertz CT molecular complexity index is 718. The van der Waals surface area contributed by atoms with Crippen molar-refractivity contribution < 1.29 is 38.8 Å². The molecule has 9 nitrogen and oxygen atoms in total. The summed E-state index contributed by atoms with van der Waals surface area (Å²) in [7, 11) is 0. The quantitative estimate of drug-likeness (QED) is 0.500. The summed E-state index contributed by atoms with van der Waals surface area (Å²) in [4.78, 5) is 23.0. The van der Waals surface area contributed by atoms with E-state index in [2.05, 4.69) is 0 Å². The van der Waals surface area contributed by atoms with Crippen molar-refractivity contribution in [1.29, 1.82) is 0 Å². The fraction of sp³-hybridized carbons (Fsp3) is 0.538. The molecule has 1 aromatic rings. The number of aliphatic hydroxyl groups is 3. The molecule has 1 aromatic heterocycles. The Morgan fingerprint density at radius 1 is 1.36 bits per heavy atom. The number of pyridine rings is 1. The largest absolute Gasteiger partial charge is 0.479 e. The molecular weight excluding hydrogens is 298 g/mol. The Balaban J connectivity index is 2.38. The number of ether oxygens (including phenoxy) is 2. The van der Waals surface area contributed by atoms with Crippen LogP contribution in [0.25, 0.3) is 0 Å². The minimum Gasteiger partial charge on any atom is -0.479 e. The van der Waals surface area contributed by atoms with Crippen molar-refractivity contribution in [2.75, 3.05) is 0 Å². The molecule has 0 aliphatic carbocycles. The van der Waals surface area contributed by atoms with Crippen molar-refractivity contribution in [2.45, 2.75) is 37.6 Å². The first-order valence-electron chi connectivity index (χ1n) is 7.77. The lowest BCUT2D eigenvalue weighted by Crippen LogP contribution is -2.61. The third-order valence-electron chi connectivity index (χ3n) is 3.34. The third-order valence-corrected chi connectivity index (χ3v) is 3.34. The zero-order valence-electron chi connectivity index (χ0n) is 14.4. The summed E-state index contributed by atoms with van der Waals surface area (Å²) < 4.78 is 33.0. The molecule has 9 heteroatoms. The van der Waals surface area contributed by atoms with Gasteiger partial charge in [0, 0.05) is 23.4 Å². The van der Waals surface area contributed by atoms with Crippen LogP contribution < -0.4 is 10.2 Å². The first-order valence-corrected chi connectivity index (χ1v) is 6.27. The summed E-state index contributed by atoms with van der Waals surface area (Å²) >= 11 is 0. The van der Waals surface area contributed by atoms with E-state index >= 15 is 0 Å². The van der Waals surface area contributed by atoms with E-state index in [1.54, 1.807) is 0 Å². The number of carbonyl (C=O) groups is 1. The van der Waals surface area contributed by atoms with Crippen molar-refractivity contribution >= 4 is 5.97 Å². The highest BCUT2D eigenvalue weighted by atomic mass is 16.7. The maximum absolute atomic E-state index is 12.0. The highest BCUT2D eigenvalue weighted by molar-refractivity contribution is 5.73. The molecule has 0 unspecified atom stereocenters. The second kappa shape index (κ2) is 6.05. The molecule has 4 N–H and O–H groups in total. The van der Waals surface area contributed by atoms with Gasteiger partial charge in [-0.05, 0) is 6.92 Å². The van der Waals surface area contributed by atoms with Gasteiger partial charge in [0.05, 0.1) is 5.69 Å². The summed E-state index contributed by atoms with van der Waals surface area (Å²) in [5, 5.41) is 38.2. The molecule has 1 aliphatic rings. The molecule has 1 saturated heterocycles. The van der Waals surface area contributed by atoms with Gasteiger partial charge in [-0.3, -0.25) is 4.79 Å². The van der Waals surface area contributed by atoms with Crippen LogP contribution in [0.1, 0.15) is 9.81 Å². The van der Waals surface area contributed by atoms with E-state index in [1.165, 1.54) is 6.92 Å². The zero-order valence-corrected chi connectivity index (χ0v) is 11.4. The number of hydrogen-bond acceptors (Lipinski definition) is 7. The van der Waals surface area contributed by atoms with E-state index in [9.17, 15) is 24.9 Å². The number of carboxylic acids is 1. The van der Waals surface area contributed by atoms with Crippen molar-refractivity contribution in [3.8, 4) is 5.75 Å². The molecule has 5 atom stereocenters. The maximum Gasteiger partial charge on any atom is 0.335 e. The summed E-state index contributed by atoms with van der Waals surface area (Å²) in [6.07, 6.45) is -8.37. The number of aromatic nitrogens is 1. The van der Waals surface area contributed by atoms with Gasteiger partial charge in [0.1, 0.15) is 18.3 Å². The Morgan fingerprint density at radius 3 is 2.64 bits per heavy atom. The number of nitrogens with zero attached hydrogens (tertiary/aromatic N) is 1. The summed E-state index contributed by atoms with van der Waals surface area (Å²) in [5.41, 5.74) is -0.850. The van der Waals surface area contributed by atoms with Crippen LogP contribution in [0.4, 0.5) is 0 Å². The van der Waals surface area contributed by atoms with Gasteiger partial charge in [-0.15, -0.1) is 0 Å². The van der Waals surface area contributed by atoms with Crippen molar-refractivity contribution in [1.82, 2.24) is 4.57 Å². The van der Waals surface area contributed by atoms with Crippen molar-refractivity contribution in [2.24, 2.45) is 6.98 Å². The minimum absolute atomic E-state index is 0.115. The first-order chi connectivity index (χ1) is 11.4. The minimum atomic E-state index is -2.61. The molecule has 2 heterocycles. The Hall–Kier alpha value is -1.94. The summed E-state index contributed by atoms with van der Waals surface area (Å²) in [6, 6.07) is 0.921. The number of rotatable bonds is 3. The standard InChI is InChI=1S/C13H17NO8/c1-5-10(6(15)3-4-14(5)2)21-13-9(18)7(16)8(17)11(22-13)12(19)20/h3-4,7-9,11,13,16-18H,1-2H3,(H,19,20)/t7-,8-,9+,11-,13+/m0/s1/i2D3. The van der Waals surface area contributed by atoms with Crippen LogP contribution in [0.15, 0.2) is 17.1 Å². The van der Waals surface area contributed by atoms with Gasteiger partial charge < -0.3 is 34.5 Å². The summed E-state index contributed by atoms with van der Waals surface area (Å²) in [5.74, 6) is -2.10. The molecule has 0 radical (unpaired) electrons. The van der Waals surface area contributed by atoms with E-state index in [-0.39, 0.29) is 5.69 Å². The molecule has 22 heavy (non-hydrogen) atoms. The van der Waals surface area contributed by atoms with Crippen molar-refractivity contribution in [3.05, 3.63) is 28.2 Å². The fourth-order valence-electron chi connectivity index (χ4n) is 2.03. The highest BCUT2D eigenvalue weighted by Gasteiger charge is 2.48. The number of hydrogen-bond donors (Lipinski definition) is 4. The average Bonchev–Trinajstić information content (AvgIpc) is 2.49. The third kappa shape index (κ3) is 2.83. The Kier molecular flexibility index (Phi) is 3.46. The number of aliphatic hydroxyl groups excluding tert-OH is 3. The van der Waals surface area contributed by atoms with Crippen LogP contribution in [0.5, 0.6) is 5.75 Å². The Morgan fingerprint density at radius 2 is 2.05 bits per heavy atom. The Labute approximate surface area is 129 Å². The lowest BCUT2D eigenvalue weighted by molar-refractivity contribution is -0.271. The van der Waals surface area contributed by atoms with Gasteiger partial charge in [0.2, 0.25) is 11.7 Å². The number of aryl methyl sites for hydroxylation is 1. The van der Waals surface area contributed by atoms with Crippen LogP contribution in [0.3, 0.4) is 0 Å². The van der Waals surface area contributed by atoms with Crippen LogP contribution >= 0.6 is 0 Å². The molecular formula is C13H17NO8. The van der Waals surface area contributed by atoms with Gasteiger partial charge in [-0.1, -0.05) is 0 Å². The lowest BCUT2D eigenvalue weighted by Gasteiger charge is -2.38. The molecule has 0 saturated carbocycles. The molecule has 0 amide bonds. The van der Waals surface area contributed by atoms with Crippen LogP contribution in [0, 0.1) is 6.92 Å². The van der Waals surface area contributed by atoms with Gasteiger partial charge in [-0.25, -0.2) is 4.79 Å². The normalized spacial score (nSPS) is 34.4. The SMILES string of the molecule is [2H]C([2H])([2H])n1ccc(=O)c(O[C@@H]2O[C@H](C(=O)O)[C@@H](O)[C@H](O)[C@H]2O)c1C. The van der Waals surface area contributed by atoms with Crippen molar-refractivity contribution in [3.63, 3.8) is 0 Å². The second-order valence-corrected chi connectivity index (χ2v) is 4.82. The van der Waals surface area contributed by atoms with E-state index in [0.717, 1.165) is 16.8 Å². The van der Waals surface area contributed by atoms with E-state index in [0.29, 0.717) is 0 Å². The number of aliphatic carboxylic acids is 1. The van der Waals surface area contributed by atoms with E-state index in [4.69, 9.17) is 18.7 Å². The number of carboxylic acid groups (broad SMARTS) is 1. The van der Waals surface area contributed by atoms with Gasteiger partial charge in [0.15, 0.2) is 11.9 Å². The zero-order chi connectivity index (χ0) is 19.1. The smallest absolute Gasteiger partial charge is 0.335 e. The molecule has 1 fully saturated rings. The molecule has 1 aliphatic heterocycles. The van der Waals surface area contributed by atoms with E-state index < -0.39 is 54.8 Å². The predicted octanol–water partition coefficient (Wildman–Crippen LogP) is -2.04. The first kappa shape index (κ1) is 12.6. The second-order valence-electron chi connectivity index (χ2n) is 4.82. The predicted molar refractivity (Wildman–Crippen MR) is 71.4 cm³/mol. The monoisotopic (exact) mass is 318 g/mol. The fourth-order valence-corrected chi connectivity index (χ4v) is 2.03. The molecule has 0 aromatic carbocycles. The van der Waals surface area contributed by atoms with Gasteiger partial charge in [0.25, 0.3) is 0 Å². The summed E-state index contributed by atoms with van der Waals surface area (Å²) in [6.45, 7) is -1.33. The van der Waals surface area contributed by atoms with Gasteiger partial charge >= 0.3 is 5.97 Å².